The van der Waals surface area contributed by atoms with Crippen molar-refractivity contribution in [3.05, 3.63) is 64.7 Å². The van der Waals surface area contributed by atoms with Gasteiger partial charge in [0.05, 0.1) is 11.4 Å². The average molecular weight is 397 g/mol. The highest BCUT2D eigenvalue weighted by Crippen LogP contribution is 2.24. The quantitative estimate of drug-likeness (QED) is 0.756. The third-order valence-corrected chi connectivity index (χ3v) is 5.66. The van der Waals surface area contributed by atoms with E-state index in [1.807, 2.05) is 4.90 Å². The van der Waals surface area contributed by atoms with Crippen LogP contribution in [0.15, 0.2) is 42.5 Å². The van der Waals surface area contributed by atoms with Crippen molar-refractivity contribution in [3.63, 3.8) is 0 Å². The molecule has 7 heteroatoms. The number of hydrogen-bond donors (Lipinski definition) is 0. The molecule has 0 bridgehead atoms. The van der Waals surface area contributed by atoms with Gasteiger partial charge in [-0.05, 0) is 24.3 Å². The van der Waals surface area contributed by atoms with Gasteiger partial charge in [-0.2, -0.15) is 0 Å². The fraction of sp³-hybridized carbons (Fsp3) is 0.316. The molecule has 1 saturated heterocycles. The molecule has 1 aliphatic rings. The summed E-state index contributed by atoms with van der Waals surface area (Å²) in [5.41, 5.74) is 1.000. The normalized spacial score (nSPS) is 14.6. The molecule has 0 radical (unpaired) electrons. The van der Waals surface area contributed by atoms with Crippen LogP contribution in [0.5, 0.6) is 0 Å². The molecular weight excluding hydrogens is 378 g/mol. The zero-order valence-electron chi connectivity index (χ0n) is 14.1. The van der Waals surface area contributed by atoms with Gasteiger partial charge in [0, 0.05) is 42.5 Å². The first kappa shape index (κ1) is 19.0. The summed E-state index contributed by atoms with van der Waals surface area (Å²) in [4.78, 5) is 16.1. The van der Waals surface area contributed by atoms with Gasteiger partial charge in [-0.25, -0.2) is 8.78 Å². The van der Waals surface area contributed by atoms with Crippen LogP contribution in [0.4, 0.5) is 14.5 Å². The van der Waals surface area contributed by atoms with E-state index in [2.05, 4.69) is 0 Å². The molecule has 0 unspecified atom stereocenters. The van der Waals surface area contributed by atoms with E-state index >= 15 is 0 Å². The Balaban J connectivity index is 1.47. The van der Waals surface area contributed by atoms with Crippen LogP contribution in [0.3, 0.4) is 0 Å². The van der Waals surface area contributed by atoms with Crippen molar-refractivity contribution in [2.24, 2.45) is 0 Å². The first-order chi connectivity index (χ1) is 12.6. The summed E-state index contributed by atoms with van der Waals surface area (Å²) < 4.78 is 27.6. The molecule has 26 heavy (non-hydrogen) atoms. The summed E-state index contributed by atoms with van der Waals surface area (Å²) in [6.07, 6.45) is 0. The van der Waals surface area contributed by atoms with Gasteiger partial charge in [0.1, 0.15) is 11.6 Å². The molecule has 2 aromatic rings. The number of benzene rings is 2. The molecule has 3 nitrogen and oxygen atoms in total. The number of para-hydroxylation sites is 1. The second-order valence-corrected chi connectivity index (χ2v) is 7.41. The van der Waals surface area contributed by atoms with Crippen LogP contribution < -0.4 is 4.90 Å². The molecule has 1 amide bonds. The lowest BCUT2D eigenvalue weighted by atomic mass is 10.2. The van der Waals surface area contributed by atoms with Crippen molar-refractivity contribution in [2.75, 3.05) is 36.8 Å². The second kappa shape index (κ2) is 8.73. The van der Waals surface area contributed by atoms with Crippen molar-refractivity contribution >= 4 is 35.0 Å². The molecule has 1 heterocycles. The Morgan fingerprint density at radius 1 is 1.00 bits per heavy atom. The minimum atomic E-state index is -0.351. The van der Waals surface area contributed by atoms with Crippen molar-refractivity contribution in [1.29, 1.82) is 0 Å². The molecule has 2 aromatic carbocycles. The van der Waals surface area contributed by atoms with E-state index in [0.717, 1.165) is 0 Å². The number of anilines is 1. The van der Waals surface area contributed by atoms with Gasteiger partial charge >= 0.3 is 0 Å². The molecule has 0 atom stereocenters. The van der Waals surface area contributed by atoms with Gasteiger partial charge in [0.25, 0.3) is 0 Å². The summed E-state index contributed by atoms with van der Waals surface area (Å²) in [6.45, 7) is 2.29. The Kier molecular flexibility index (Phi) is 6.38. The van der Waals surface area contributed by atoms with Crippen LogP contribution in [-0.4, -0.2) is 42.7 Å². The lowest BCUT2D eigenvalue weighted by Gasteiger charge is -2.36. The van der Waals surface area contributed by atoms with Gasteiger partial charge in [-0.3, -0.25) is 4.79 Å². The van der Waals surface area contributed by atoms with Gasteiger partial charge in [0.2, 0.25) is 5.91 Å². The van der Waals surface area contributed by atoms with Gasteiger partial charge < -0.3 is 9.80 Å². The van der Waals surface area contributed by atoms with Crippen molar-refractivity contribution in [2.45, 2.75) is 5.75 Å². The number of rotatable bonds is 5. The summed E-state index contributed by atoms with van der Waals surface area (Å²) in [6, 6.07) is 11.2. The first-order valence-electron chi connectivity index (χ1n) is 8.34. The predicted octanol–water partition coefficient (Wildman–Crippen LogP) is 4.20. The summed E-state index contributed by atoms with van der Waals surface area (Å²) >= 11 is 7.34. The standard InChI is InChI=1S/C19H19ClF2N2OS/c20-15-4-3-6-16(21)14(15)12-26-13-19(25)24-10-8-23(9-11-24)18-7-2-1-5-17(18)22/h1-7H,8-13H2. The van der Waals surface area contributed by atoms with E-state index in [0.29, 0.717) is 48.2 Å². The van der Waals surface area contributed by atoms with Crippen LogP contribution in [0.2, 0.25) is 5.02 Å². The Morgan fingerprint density at radius 3 is 2.38 bits per heavy atom. The minimum absolute atomic E-state index is 0.00986. The summed E-state index contributed by atoms with van der Waals surface area (Å²) in [5, 5.41) is 0.378. The molecular formula is C19H19ClF2N2OS. The van der Waals surface area contributed by atoms with E-state index in [9.17, 15) is 13.6 Å². The van der Waals surface area contributed by atoms with Gasteiger partial charge in [-0.15, -0.1) is 11.8 Å². The summed E-state index contributed by atoms with van der Waals surface area (Å²) in [5.74, 6) is 0.0350. The number of carbonyl (C=O) groups excluding carboxylic acids is 1. The molecule has 0 aromatic heterocycles. The molecule has 0 N–H and O–H groups in total. The van der Waals surface area contributed by atoms with E-state index < -0.39 is 0 Å². The average Bonchev–Trinajstić information content (AvgIpc) is 2.64. The van der Waals surface area contributed by atoms with Crippen molar-refractivity contribution in [1.82, 2.24) is 4.90 Å². The molecule has 1 aliphatic heterocycles. The smallest absolute Gasteiger partial charge is 0.232 e. The van der Waals surface area contributed by atoms with E-state index in [4.69, 9.17) is 11.6 Å². The number of halogens is 3. The van der Waals surface area contributed by atoms with Crippen LogP contribution in [-0.2, 0) is 10.5 Å². The molecule has 0 spiro atoms. The third kappa shape index (κ3) is 4.48. The lowest BCUT2D eigenvalue weighted by Crippen LogP contribution is -2.49. The fourth-order valence-electron chi connectivity index (χ4n) is 2.91. The maximum absolute atomic E-state index is 13.9. The highest BCUT2D eigenvalue weighted by Gasteiger charge is 2.22. The lowest BCUT2D eigenvalue weighted by molar-refractivity contribution is -0.128. The Bertz CT molecular complexity index is 762. The van der Waals surface area contributed by atoms with E-state index in [1.54, 1.807) is 35.2 Å². The van der Waals surface area contributed by atoms with Gasteiger partial charge in [-0.1, -0.05) is 29.8 Å². The monoisotopic (exact) mass is 396 g/mol. The number of hydrogen-bond acceptors (Lipinski definition) is 3. The van der Waals surface area contributed by atoms with Crippen molar-refractivity contribution < 1.29 is 13.6 Å². The minimum Gasteiger partial charge on any atom is -0.366 e. The molecule has 0 aliphatic carbocycles. The topological polar surface area (TPSA) is 23.6 Å². The molecule has 138 valence electrons. The zero-order chi connectivity index (χ0) is 18.5. The maximum atomic E-state index is 13.9. The van der Waals surface area contributed by atoms with Crippen LogP contribution in [0.25, 0.3) is 0 Å². The van der Waals surface area contributed by atoms with Gasteiger partial charge in [0.15, 0.2) is 0 Å². The number of nitrogens with zero attached hydrogens (tertiary/aromatic N) is 2. The Hall–Kier alpha value is -1.79. The predicted molar refractivity (Wildman–Crippen MR) is 103 cm³/mol. The Labute approximate surface area is 160 Å². The van der Waals surface area contributed by atoms with E-state index in [1.165, 1.54) is 23.9 Å². The highest BCUT2D eigenvalue weighted by molar-refractivity contribution is 7.99. The van der Waals surface area contributed by atoms with E-state index in [-0.39, 0.29) is 23.3 Å². The molecule has 1 fully saturated rings. The Morgan fingerprint density at radius 2 is 1.69 bits per heavy atom. The largest absolute Gasteiger partial charge is 0.366 e. The van der Waals surface area contributed by atoms with Crippen molar-refractivity contribution in [3.8, 4) is 0 Å². The van der Waals surface area contributed by atoms with Crippen LogP contribution in [0.1, 0.15) is 5.56 Å². The second-order valence-electron chi connectivity index (χ2n) is 6.01. The number of thioether (sulfide) groups is 1. The summed E-state index contributed by atoms with van der Waals surface area (Å²) in [7, 11) is 0. The van der Waals surface area contributed by atoms with Crippen LogP contribution in [0, 0.1) is 11.6 Å². The zero-order valence-corrected chi connectivity index (χ0v) is 15.7. The molecule has 0 saturated carbocycles. The number of amides is 1. The SMILES string of the molecule is O=C(CSCc1c(F)cccc1Cl)N1CCN(c2ccccc2F)CC1. The number of piperazine rings is 1. The van der Waals surface area contributed by atoms with Crippen LogP contribution >= 0.6 is 23.4 Å². The molecule has 3 rings (SSSR count). The highest BCUT2D eigenvalue weighted by atomic mass is 35.5. The number of carbonyl (C=O) groups is 1. The maximum Gasteiger partial charge on any atom is 0.232 e. The first-order valence-corrected chi connectivity index (χ1v) is 9.87. The fourth-order valence-corrected chi connectivity index (χ4v) is 4.17. The third-order valence-electron chi connectivity index (χ3n) is 4.36.